The zero-order valence-electron chi connectivity index (χ0n) is 16.2. The monoisotopic (exact) mass is 370 g/mol. The number of likely N-dealkylation sites (N-methyl/N-ethyl adjacent to an activating group) is 1. The van der Waals surface area contributed by atoms with E-state index in [0.717, 1.165) is 44.7 Å². The molecule has 2 saturated carbocycles. The maximum absolute atomic E-state index is 12.7. The van der Waals surface area contributed by atoms with Crippen LogP contribution in [0, 0.1) is 5.41 Å². The van der Waals surface area contributed by atoms with Crippen LogP contribution in [0.15, 0.2) is 24.3 Å². The van der Waals surface area contributed by atoms with Crippen molar-refractivity contribution in [3.8, 4) is 0 Å². The molecule has 2 amide bonds. The number of anilines is 2. The molecule has 0 unspecified atom stereocenters. The molecular formula is C21H30N4O2. The third-order valence-electron chi connectivity index (χ3n) is 6.30. The van der Waals surface area contributed by atoms with E-state index in [-0.39, 0.29) is 17.9 Å². The van der Waals surface area contributed by atoms with Crippen LogP contribution in [0.4, 0.5) is 11.4 Å². The van der Waals surface area contributed by atoms with Crippen LogP contribution >= 0.6 is 0 Å². The highest BCUT2D eigenvalue weighted by atomic mass is 16.2. The fourth-order valence-electron chi connectivity index (χ4n) is 4.15. The second-order valence-electron chi connectivity index (χ2n) is 8.33. The van der Waals surface area contributed by atoms with E-state index < -0.39 is 5.41 Å². The normalized spacial score (nSPS) is 22.5. The van der Waals surface area contributed by atoms with Gasteiger partial charge in [0, 0.05) is 43.6 Å². The zero-order chi connectivity index (χ0) is 18.9. The Balaban J connectivity index is 1.34. The molecule has 6 nitrogen and oxygen atoms in total. The number of piperazine rings is 1. The average molecular weight is 370 g/mol. The van der Waals surface area contributed by atoms with Crippen molar-refractivity contribution in [2.24, 2.45) is 5.41 Å². The second-order valence-corrected chi connectivity index (χ2v) is 8.33. The van der Waals surface area contributed by atoms with Crippen molar-refractivity contribution in [3.05, 3.63) is 24.3 Å². The van der Waals surface area contributed by atoms with Gasteiger partial charge in [0.1, 0.15) is 5.41 Å². The van der Waals surface area contributed by atoms with E-state index in [2.05, 4.69) is 39.6 Å². The van der Waals surface area contributed by atoms with Gasteiger partial charge in [0.15, 0.2) is 0 Å². The van der Waals surface area contributed by atoms with Crippen LogP contribution in [0.1, 0.15) is 38.5 Å². The number of nitrogens with zero attached hydrogens (tertiary/aromatic N) is 2. The van der Waals surface area contributed by atoms with E-state index in [1.807, 2.05) is 12.1 Å². The van der Waals surface area contributed by atoms with Gasteiger partial charge in [-0.05, 0) is 57.0 Å². The first-order chi connectivity index (χ1) is 13.1. The number of rotatable bonds is 5. The topological polar surface area (TPSA) is 64.7 Å². The summed E-state index contributed by atoms with van der Waals surface area (Å²) in [6, 6.07) is 8.25. The molecule has 2 N–H and O–H groups in total. The van der Waals surface area contributed by atoms with Gasteiger partial charge in [0.25, 0.3) is 0 Å². The summed E-state index contributed by atoms with van der Waals surface area (Å²) in [6.07, 6.45) is 5.72. The molecule has 2 aliphatic carbocycles. The molecule has 1 heterocycles. The fourth-order valence-corrected chi connectivity index (χ4v) is 4.15. The molecule has 1 aliphatic heterocycles. The van der Waals surface area contributed by atoms with E-state index in [4.69, 9.17) is 0 Å². The molecule has 0 bridgehead atoms. The van der Waals surface area contributed by atoms with E-state index in [0.29, 0.717) is 12.8 Å². The lowest BCUT2D eigenvalue weighted by atomic mass is 10.0. The van der Waals surface area contributed by atoms with Crippen LogP contribution in [-0.4, -0.2) is 56.0 Å². The van der Waals surface area contributed by atoms with Crippen LogP contribution in [0.2, 0.25) is 0 Å². The van der Waals surface area contributed by atoms with Gasteiger partial charge in [-0.15, -0.1) is 0 Å². The van der Waals surface area contributed by atoms with Gasteiger partial charge in [-0.3, -0.25) is 9.59 Å². The van der Waals surface area contributed by atoms with E-state index in [1.54, 1.807) is 0 Å². The highest BCUT2D eigenvalue weighted by Crippen LogP contribution is 2.47. The maximum Gasteiger partial charge on any atom is 0.240 e. The van der Waals surface area contributed by atoms with Gasteiger partial charge in [0.2, 0.25) is 11.8 Å². The van der Waals surface area contributed by atoms with Crippen LogP contribution in [-0.2, 0) is 9.59 Å². The van der Waals surface area contributed by atoms with Crippen molar-refractivity contribution >= 4 is 23.2 Å². The smallest absolute Gasteiger partial charge is 0.240 e. The van der Waals surface area contributed by atoms with Crippen molar-refractivity contribution in [2.75, 3.05) is 43.4 Å². The quantitative estimate of drug-likeness (QED) is 0.780. The Bertz CT molecular complexity index is 685. The number of carbonyl (C=O) groups excluding carboxylic acids is 2. The van der Waals surface area contributed by atoms with Crippen molar-refractivity contribution in [3.63, 3.8) is 0 Å². The molecule has 4 rings (SSSR count). The third-order valence-corrected chi connectivity index (χ3v) is 6.30. The minimum Gasteiger partial charge on any atom is -0.369 e. The Morgan fingerprint density at radius 3 is 2.19 bits per heavy atom. The molecule has 27 heavy (non-hydrogen) atoms. The Labute approximate surface area is 161 Å². The molecule has 3 aliphatic rings. The second kappa shape index (κ2) is 7.50. The van der Waals surface area contributed by atoms with E-state index >= 15 is 0 Å². The fraction of sp³-hybridized carbons (Fsp3) is 0.619. The largest absolute Gasteiger partial charge is 0.369 e. The summed E-state index contributed by atoms with van der Waals surface area (Å²) in [7, 11) is 2.15. The molecule has 146 valence electrons. The minimum absolute atomic E-state index is 0.0824. The third kappa shape index (κ3) is 3.95. The molecule has 0 radical (unpaired) electrons. The Kier molecular flexibility index (Phi) is 5.08. The average Bonchev–Trinajstić information content (AvgIpc) is 3.35. The van der Waals surface area contributed by atoms with Gasteiger partial charge in [-0.25, -0.2) is 0 Å². The predicted molar refractivity (Wildman–Crippen MR) is 107 cm³/mol. The highest BCUT2D eigenvalue weighted by molar-refractivity contribution is 6.13. The molecule has 0 atom stereocenters. The number of hydrogen-bond acceptors (Lipinski definition) is 4. The van der Waals surface area contributed by atoms with Gasteiger partial charge >= 0.3 is 0 Å². The summed E-state index contributed by atoms with van der Waals surface area (Å²) in [6.45, 7) is 4.17. The number of amides is 2. The van der Waals surface area contributed by atoms with Gasteiger partial charge < -0.3 is 20.4 Å². The molecule has 0 aromatic heterocycles. The molecule has 1 aromatic carbocycles. The summed E-state index contributed by atoms with van der Waals surface area (Å²) in [4.78, 5) is 30.1. The van der Waals surface area contributed by atoms with E-state index in [9.17, 15) is 9.59 Å². The van der Waals surface area contributed by atoms with Gasteiger partial charge in [-0.2, -0.15) is 0 Å². The molecule has 1 saturated heterocycles. The van der Waals surface area contributed by atoms with Crippen molar-refractivity contribution in [1.29, 1.82) is 0 Å². The van der Waals surface area contributed by atoms with Crippen molar-refractivity contribution < 1.29 is 9.59 Å². The van der Waals surface area contributed by atoms with E-state index in [1.165, 1.54) is 18.5 Å². The summed E-state index contributed by atoms with van der Waals surface area (Å²) in [5.74, 6) is -0.244. The Hall–Kier alpha value is -2.08. The first-order valence-electron chi connectivity index (χ1n) is 10.2. The molecule has 6 heteroatoms. The molecular weight excluding hydrogens is 340 g/mol. The molecule has 1 aromatic rings. The predicted octanol–water partition coefficient (Wildman–Crippen LogP) is 2.22. The van der Waals surface area contributed by atoms with Crippen molar-refractivity contribution in [1.82, 2.24) is 10.2 Å². The standard InChI is InChI=1S/C21H30N4O2/c1-24-12-14-25(15-13-24)18-8-6-17(7-9-18)23-20(27)21(10-11-21)19(26)22-16-4-2-3-5-16/h6-9,16H,2-5,10-15H2,1H3,(H,22,26)(H,23,27). The van der Waals surface area contributed by atoms with Gasteiger partial charge in [0.05, 0.1) is 0 Å². The van der Waals surface area contributed by atoms with Gasteiger partial charge in [-0.1, -0.05) is 12.8 Å². The van der Waals surface area contributed by atoms with Crippen molar-refractivity contribution in [2.45, 2.75) is 44.6 Å². The number of carbonyl (C=O) groups is 2. The highest BCUT2D eigenvalue weighted by Gasteiger charge is 2.56. The summed E-state index contributed by atoms with van der Waals surface area (Å²) in [5.41, 5.74) is 1.10. The zero-order valence-corrected chi connectivity index (χ0v) is 16.2. The lowest BCUT2D eigenvalue weighted by molar-refractivity contribution is -0.134. The maximum atomic E-state index is 12.7. The number of nitrogens with one attached hydrogen (secondary N) is 2. The van der Waals surface area contributed by atoms with Crippen LogP contribution in [0.25, 0.3) is 0 Å². The lowest BCUT2D eigenvalue weighted by Crippen LogP contribution is -2.44. The van der Waals surface area contributed by atoms with Crippen LogP contribution in [0.3, 0.4) is 0 Å². The summed E-state index contributed by atoms with van der Waals surface area (Å²) >= 11 is 0. The molecule has 3 fully saturated rings. The van der Waals surface area contributed by atoms with Crippen LogP contribution < -0.4 is 15.5 Å². The molecule has 0 spiro atoms. The Morgan fingerprint density at radius 1 is 0.963 bits per heavy atom. The number of hydrogen-bond donors (Lipinski definition) is 2. The lowest BCUT2D eigenvalue weighted by Gasteiger charge is -2.34. The number of benzene rings is 1. The Morgan fingerprint density at radius 2 is 1.59 bits per heavy atom. The minimum atomic E-state index is -0.848. The summed E-state index contributed by atoms with van der Waals surface area (Å²) in [5, 5.41) is 6.05. The first-order valence-corrected chi connectivity index (χ1v) is 10.2. The van der Waals surface area contributed by atoms with Crippen LogP contribution in [0.5, 0.6) is 0 Å². The SMILES string of the molecule is CN1CCN(c2ccc(NC(=O)C3(C(=O)NC4CCCC4)CC3)cc2)CC1. The first kappa shape index (κ1) is 18.3. The summed E-state index contributed by atoms with van der Waals surface area (Å²) < 4.78 is 0.